The standard InChI is InChI=1S/C27H23ClN4O3/c1-17-23(26-30-25(31-35-26)19-7-4-3-5-8-19)24(20-9-6-10-22(15-20)34-2)29-27(33)32(17)16-18-11-13-21(28)14-12-18/h3-15,24H,16H2,1-2H3,(H,29,33). The van der Waals surface area contributed by atoms with Crippen LogP contribution in [0, 0.1) is 0 Å². The van der Waals surface area contributed by atoms with Gasteiger partial charge < -0.3 is 14.6 Å². The SMILES string of the molecule is COc1cccc(C2NC(=O)N(Cc3ccc(Cl)cc3)C(C)=C2c2nc(-c3ccccc3)no2)c1. The van der Waals surface area contributed by atoms with E-state index >= 15 is 0 Å². The zero-order valence-electron chi connectivity index (χ0n) is 19.2. The van der Waals surface area contributed by atoms with E-state index in [0.717, 1.165) is 28.0 Å². The Bertz CT molecular complexity index is 1380. The first-order valence-corrected chi connectivity index (χ1v) is 11.5. The van der Waals surface area contributed by atoms with Crippen molar-refractivity contribution in [3.8, 4) is 17.1 Å². The fourth-order valence-electron chi connectivity index (χ4n) is 4.13. The van der Waals surface area contributed by atoms with E-state index in [9.17, 15) is 4.79 Å². The molecule has 35 heavy (non-hydrogen) atoms. The lowest BCUT2D eigenvalue weighted by molar-refractivity contribution is 0.203. The molecule has 0 spiro atoms. The van der Waals surface area contributed by atoms with Crippen molar-refractivity contribution in [3.05, 3.63) is 107 Å². The number of aromatic nitrogens is 2. The number of methoxy groups -OCH3 is 1. The maximum absolute atomic E-state index is 13.3. The summed E-state index contributed by atoms with van der Waals surface area (Å²) in [4.78, 5) is 19.6. The van der Waals surface area contributed by atoms with Crippen LogP contribution in [0.3, 0.4) is 0 Å². The van der Waals surface area contributed by atoms with Gasteiger partial charge in [0.15, 0.2) is 0 Å². The zero-order chi connectivity index (χ0) is 24.4. The highest BCUT2D eigenvalue weighted by atomic mass is 35.5. The maximum Gasteiger partial charge on any atom is 0.322 e. The summed E-state index contributed by atoms with van der Waals surface area (Å²) in [7, 11) is 1.61. The van der Waals surface area contributed by atoms with Gasteiger partial charge in [-0.3, -0.25) is 4.90 Å². The van der Waals surface area contributed by atoms with Crippen LogP contribution in [0.1, 0.15) is 30.0 Å². The fourth-order valence-corrected chi connectivity index (χ4v) is 4.26. The number of amides is 2. The second kappa shape index (κ2) is 9.64. The van der Waals surface area contributed by atoms with Gasteiger partial charge in [0.2, 0.25) is 5.82 Å². The van der Waals surface area contributed by atoms with E-state index in [2.05, 4.69) is 15.5 Å². The number of hydrogen-bond acceptors (Lipinski definition) is 5. The molecule has 0 aliphatic carbocycles. The van der Waals surface area contributed by atoms with Gasteiger partial charge in [0, 0.05) is 16.3 Å². The molecule has 0 radical (unpaired) electrons. The van der Waals surface area contributed by atoms with Gasteiger partial charge in [-0.05, 0) is 42.3 Å². The molecule has 8 heteroatoms. The number of urea groups is 1. The number of carbonyl (C=O) groups is 1. The van der Waals surface area contributed by atoms with Crippen LogP contribution in [0.2, 0.25) is 5.02 Å². The summed E-state index contributed by atoms with van der Waals surface area (Å²) in [6.45, 7) is 2.26. The summed E-state index contributed by atoms with van der Waals surface area (Å²) in [6, 6.07) is 23.9. The van der Waals surface area contributed by atoms with Crippen LogP contribution < -0.4 is 10.1 Å². The summed E-state index contributed by atoms with van der Waals surface area (Å²) in [6.07, 6.45) is 0. The van der Waals surface area contributed by atoms with Gasteiger partial charge in [-0.2, -0.15) is 4.98 Å². The van der Waals surface area contributed by atoms with Crippen molar-refractivity contribution >= 4 is 23.2 Å². The van der Waals surface area contributed by atoms with Crippen molar-refractivity contribution in [2.75, 3.05) is 7.11 Å². The monoisotopic (exact) mass is 486 g/mol. The average Bonchev–Trinajstić information content (AvgIpc) is 3.37. The minimum atomic E-state index is -0.497. The Labute approximate surface area is 208 Å². The van der Waals surface area contributed by atoms with E-state index in [1.54, 1.807) is 12.0 Å². The predicted octanol–water partition coefficient (Wildman–Crippen LogP) is 6.10. The Morgan fingerprint density at radius 3 is 2.57 bits per heavy atom. The molecule has 0 fully saturated rings. The van der Waals surface area contributed by atoms with Crippen molar-refractivity contribution in [1.82, 2.24) is 20.4 Å². The number of allylic oxidation sites excluding steroid dienone is 1. The molecule has 4 aromatic rings. The molecule has 0 bridgehead atoms. The first kappa shape index (κ1) is 22.7. The number of nitrogens with one attached hydrogen (secondary N) is 1. The van der Waals surface area contributed by atoms with Crippen LogP contribution in [0.25, 0.3) is 17.0 Å². The molecule has 176 valence electrons. The van der Waals surface area contributed by atoms with E-state index < -0.39 is 6.04 Å². The molecule has 1 aliphatic heterocycles. The second-order valence-electron chi connectivity index (χ2n) is 8.16. The Morgan fingerprint density at radius 2 is 1.83 bits per heavy atom. The van der Waals surface area contributed by atoms with Gasteiger partial charge >= 0.3 is 6.03 Å². The second-order valence-corrected chi connectivity index (χ2v) is 8.60. The van der Waals surface area contributed by atoms with Gasteiger partial charge in [0.1, 0.15) is 5.75 Å². The van der Waals surface area contributed by atoms with Gasteiger partial charge in [0.25, 0.3) is 5.89 Å². The highest BCUT2D eigenvalue weighted by Crippen LogP contribution is 2.38. The van der Waals surface area contributed by atoms with Crippen molar-refractivity contribution in [3.63, 3.8) is 0 Å². The molecule has 2 heterocycles. The van der Waals surface area contributed by atoms with Crippen molar-refractivity contribution in [2.24, 2.45) is 0 Å². The van der Waals surface area contributed by atoms with Gasteiger partial charge in [0.05, 0.1) is 25.3 Å². The largest absolute Gasteiger partial charge is 0.497 e. The third-order valence-electron chi connectivity index (χ3n) is 5.97. The maximum atomic E-state index is 13.3. The highest BCUT2D eigenvalue weighted by Gasteiger charge is 2.36. The lowest BCUT2D eigenvalue weighted by atomic mass is 9.94. The van der Waals surface area contributed by atoms with Crippen LogP contribution in [-0.2, 0) is 6.54 Å². The molecule has 0 saturated heterocycles. The Hall–Kier alpha value is -4.10. The Kier molecular flexibility index (Phi) is 6.25. The number of hydrogen-bond donors (Lipinski definition) is 1. The zero-order valence-corrected chi connectivity index (χ0v) is 20.0. The molecule has 1 aromatic heterocycles. The molecule has 7 nitrogen and oxygen atoms in total. The number of carbonyl (C=O) groups excluding carboxylic acids is 1. The molecule has 3 aromatic carbocycles. The molecule has 1 atom stereocenters. The van der Waals surface area contributed by atoms with E-state index in [0.29, 0.717) is 29.0 Å². The summed E-state index contributed by atoms with van der Waals surface area (Å²) in [5.74, 6) is 1.51. The van der Waals surface area contributed by atoms with E-state index in [1.807, 2.05) is 85.8 Å². The van der Waals surface area contributed by atoms with E-state index in [4.69, 9.17) is 20.9 Å². The minimum Gasteiger partial charge on any atom is -0.497 e. The third kappa shape index (κ3) is 4.63. The smallest absolute Gasteiger partial charge is 0.322 e. The number of nitrogens with zero attached hydrogens (tertiary/aromatic N) is 3. The third-order valence-corrected chi connectivity index (χ3v) is 6.22. The first-order chi connectivity index (χ1) is 17.0. The van der Waals surface area contributed by atoms with Gasteiger partial charge in [-0.25, -0.2) is 4.79 Å². The van der Waals surface area contributed by atoms with Crippen LogP contribution in [-0.4, -0.2) is 28.2 Å². The molecule has 0 saturated carbocycles. The number of ether oxygens (including phenoxy) is 1. The van der Waals surface area contributed by atoms with Gasteiger partial charge in [-0.15, -0.1) is 0 Å². The van der Waals surface area contributed by atoms with Crippen LogP contribution in [0.15, 0.2) is 89.1 Å². The van der Waals surface area contributed by atoms with Crippen LogP contribution >= 0.6 is 11.6 Å². The topological polar surface area (TPSA) is 80.5 Å². The number of halogens is 1. The van der Waals surface area contributed by atoms with Gasteiger partial charge in [-0.1, -0.05) is 71.4 Å². The van der Waals surface area contributed by atoms with Crippen molar-refractivity contribution in [1.29, 1.82) is 0 Å². The first-order valence-electron chi connectivity index (χ1n) is 11.1. The molecule has 5 rings (SSSR count). The Balaban J connectivity index is 1.60. The summed E-state index contributed by atoms with van der Waals surface area (Å²) in [5.41, 5.74) is 4.08. The molecule has 1 unspecified atom stereocenters. The number of rotatable bonds is 6. The van der Waals surface area contributed by atoms with Crippen LogP contribution in [0.4, 0.5) is 4.79 Å². The molecule has 2 amide bonds. The lowest BCUT2D eigenvalue weighted by Crippen LogP contribution is -2.45. The van der Waals surface area contributed by atoms with E-state index in [-0.39, 0.29) is 6.03 Å². The summed E-state index contributed by atoms with van der Waals surface area (Å²) >= 11 is 6.04. The Morgan fingerprint density at radius 1 is 1.06 bits per heavy atom. The molecule has 1 N–H and O–H groups in total. The quantitative estimate of drug-likeness (QED) is 0.356. The van der Waals surface area contributed by atoms with Crippen molar-refractivity contribution < 1.29 is 14.1 Å². The predicted molar refractivity (Wildman–Crippen MR) is 134 cm³/mol. The lowest BCUT2D eigenvalue weighted by Gasteiger charge is -2.35. The molecule has 1 aliphatic rings. The summed E-state index contributed by atoms with van der Waals surface area (Å²) < 4.78 is 11.2. The molecular weight excluding hydrogens is 464 g/mol. The van der Waals surface area contributed by atoms with Crippen LogP contribution in [0.5, 0.6) is 5.75 Å². The highest BCUT2D eigenvalue weighted by molar-refractivity contribution is 6.30. The van der Waals surface area contributed by atoms with Crippen molar-refractivity contribution in [2.45, 2.75) is 19.5 Å². The average molecular weight is 487 g/mol. The summed E-state index contributed by atoms with van der Waals surface area (Å²) in [5, 5.41) is 7.96. The fraction of sp³-hybridized carbons (Fsp3) is 0.148. The normalized spacial score (nSPS) is 15.8. The van der Waals surface area contributed by atoms with E-state index in [1.165, 1.54) is 0 Å². The minimum absolute atomic E-state index is 0.225. The molecular formula is C27H23ClN4O3. The number of benzene rings is 3.